The van der Waals surface area contributed by atoms with Crippen molar-refractivity contribution in [1.82, 2.24) is 0 Å². The van der Waals surface area contributed by atoms with Gasteiger partial charge in [-0.1, -0.05) is 0 Å². The van der Waals surface area contributed by atoms with Crippen LogP contribution < -0.4 is 21.7 Å². The van der Waals surface area contributed by atoms with E-state index in [0.717, 1.165) is 17.8 Å². The Morgan fingerprint density at radius 2 is 1.76 bits per heavy atom. The fraction of sp³-hybridized carbons (Fsp3) is 0.176. The number of nitrogens with two attached hydrogens (primary N) is 2. The van der Waals surface area contributed by atoms with Crippen LogP contribution in [0.3, 0.4) is 0 Å². The van der Waals surface area contributed by atoms with Gasteiger partial charge in [0, 0.05) is 32.8 Å². The van der Waals surface area contributed by atoms with Gasteiger partial charge in [-0.25, -0.2) is 0 Å². The van der Waals surface area contributed by atoms with Crippen molar-refractivity contribution in [3.63, 3.8) is 0 Å². The highest BCUT2D eigenvalue weighted by Gasteiger charge is 2.21. The Morgan fingerprint density at radius 3 is 2.21 bits per heavy atom. The molecule has 0 aliphatic carbocycles. The second-order valence-electron chi connectivity index (χ2n) is 5.90. The van der Waals surface area contributed by atoms with Crippen LogP contribution in [0.15, 0.2) is 30.3 Å². The molecule has 0 unspecified atom stereocenters. The van der Waals surface area contributed by atoms with Crippen molar-refractivity contribution in [3.05, 3.63) is 56.1 Å². The van der Waals surface area contributed by atoms with E-state index in [0.29, 0.717) is 11.4 Å². The molecular weight excluding hydrogens is 382 g/mol. The summed E-state index contributed by atoms with van der Waals surface area (Å²) in [6.07, 6.45) is 0. The van der Waals surface area contributed by atoms with E-state index < -0.39 is 21.2 Å². The highest BCUT2D eigenvalue weighted by Crippen LogP contribution is 2.30. The molecule has 0 heterocycles. The number of anilines is 4. The zero-order chi connectivity index (χ0) is 22.3. The molecule has 1 amide bonds. The van der Waals surface area contributed by atoms with Gasteiger partial charge in [-0.05, 0) is 18.2 Å². The maximum Gasteiger partial charge on any atom is 0.300 e. The summed E-state index contributed by atoms with van der Waals surface area (Å²) in [6.45, 7) is 1.46. The average Bonchev–Trinajstić information content (AvgIpc) is 2.63. The van der Waals surface area contributed by atoms with Crippen LogP contribution in [0.1, 0.15) is 12.5 Å². The van der Waals surface area contributed by atoms with Gasteiger partial charge in [0.05, 0.1) is 32.9 Å². The number of benzene rings is 2. The molecule has 0 saturated heterocycles. The zero-order valence-corrected chi connectivity index (χ0v) is 15.9. The molecule has 0 aromatic heterocycles. The van der Waals surface area contributed by atoms with Crippen LogP contribution in [0, 0.1) is 31.6 Å². The highest BCUT2D eigenvalue weighted by molar-refractivity contribution is 5.93. The molecule has 12 nitrogen and oxygen atoms in total. The molecule has 152 valence electrons. The summed E-state index contributed by atoms with van der Waals surface area (Å²) < 4.78 is 0. The Labute approximate surface area is 165 Å². The zero-order valence-electron chi connectivity index (χ0n) is 15.9. The van der Waals surface area contributed by atoms with Gasteiger partial charge in [-0.3, -0.25) is 25.0 Å². The predicted molar refractivity (Wildman–Crippen MR) is 108 cm³/mol. The lowest BCUT2D eigenvalue weighted by atomic mass is 10.1. The SMILES string of the molecule is CC(=O)Nc1cc(N(C)C)ccc1N.N#Cc1cc([N+](=O)[O-])cc([N+](=O)[O-])c1N. The summed E-state index contributed by atoms with van der Waals surface area (Å²) in [6, 6.07) is 8.69. The molecule has 0 saturated carbocycles. The minimum absolute atomic E-state index is 0.118. The maximum atomic E-state index is 10.9. The number of rotatable bonds is 4. The van der Waals surface area contributed by atoms with Crippen molar-refractivity contribution in [3.8, 4) is 6.07 Å². The summed E-state index contributed by atoms with van der Waals surface area (Å²) in [5, 5.41) is 32.1. The molecule has 0 spiro atoms. The first-order valence-corrected chi connectivity index (χ1v) is 7.94. The van der Waals surface area contributed by atoms with Gasteiger partial charge in [0.2, 0.25) is 5.91 Å². The van der Waals surface area contributed by atoms with Gasteiger partial charge in [-0.2, -0.15) is 5.26 Å². The first-order valence-electron chi connectivity index (χ1n) is 7.94. The standard InChI is InChI=1S/C10H15N3O.C7H4N4O4/c1-7(14)12-10-6-8(13(2)3)4-5-9(10)11;8-3-4-1-5(10(12)13)2-6(7(4)9)11(14)15/h4-6H,11H2,1-3H3,(H,12,14);1-2H,9H2. The third-order valence-corrected chi connectivity index (χ3v) is 3.53. The maximum absolute atomic E-state index is 10.9. The molecular formula is C17H19N7O5. The van der Waals surface area contributed by atoms with Crippen LogP contribution in [-0.4, -0.2) is 29.8 Å². The molecule has 0 bridgehead atoms. The molecule has 0 aliphatic rings. The third-order valence-electron chi connectivity index (χ3n) is 3.53. The topological polar surface area (TPSA) is 194 Å². The fourth-order valence-electron chi connectivity index (χ4n) is 2.09. The smallest absolute Gasteiger partial charge is 0.300 e. The van der Waals surface area contributed by atoms with Crippen LogP contribution in [0.2, 0.25) is 0 Å². The quantitative estimate of drug-likeness (QED) is 0.391. The van der Waals surface area contributed by atoms with Crippen LogP contribution in [-0.2, 0) is 4.79 Å². The summed E-state index contributed by atoms with van der Waals surface area (Å²) in [5.74, 6) is -0.118. The Bertz CT molecular complexity index is 998. The number of hydrogen-bond acceptors (Lipinski definition) is 9. The van der Waals surface area contributed by atoms with Gasteiger partial charge in [-0.15, -0.1) is 0 Å². The minimum Gasteiger partial charge on any atom is -0.397 e. The lowest BCUT2D eigenvalue weighted by molar-refractivity contribution is -0.393. The normalized spacial score (nSPS) is 9.45. The number of nitrogens with one attached hydrogen (secondary N) is 1. The van der Waals surface area contributed by atoms with Gasteiger partial charge < -0.3 is 21.7 Å². The number of hydrogen-bond donors (Lipinski definition) is 3. The van der Waals surface area contributed by atoms with E-state index in [-0.39, 0.29) is 17.2 Å². The molecule has 0 atom stereocenters. The number of nitriles is 1. The summed E-state index contributed by atoms with van der Waals surface area (Å²) in [7, 11) is 3.87. The van der Waals surface area contributed by atoms with E-state index in [2.05, 4.69) is 5.32 Å². The number of nitro benzene ring substituents is 2. The Kier molecular flexibility index (Phi) is 7.43. The number of nitro groups is 2. The van der Waals surface area contributed by atoms with Crippen LogP contribution in [0.4, 0.5) is 34.1 Å². The number of non-ortho nitro benzene ring substituents is 1. The van der Waals surface area contributed by atoms with Gasteiger partial charge in [0.15, 0.2) is 0 Å². The number of amides is 1. The number of nitrogens with zero attached hydrogens (tertiary/aromatic N) is 4. The third kappa shape index (κ3) is 6.07. The van der Waals surface area contributed by atoms with Gasteiger partial charge in [0.25, 0.3) is 11.4 Å². The van der Waals surface area contributed by atoms with Gasteiger partial charge >= 0.3 is 0 Å². The van der Waals surface area contributed by atoms with Crippen LogP contribution in [0.5, 0.6) is 0 Å². The van der Waals surface area contributed by atoms with Crippen LogP contribution >= 0.6 is 0 Å². The molecule has 0 radical (unpaired) electrons. The first-order chi connectivity index (χ1) is 13.5. The number of carbonyl (C=O) groups is 1. The molecule has 2 aromatic rings. The van der Waals surface area contributed by atoms with E-state index in [1.165, 1.54) is 6.92 Å². The molecule has 12 heteroatoms. The van der Waals surface area contributed by atoms with E-state index in [9.17, 15) is 25.0 Å². The lowest BCUT2D eigenvalue weighted by Gasteiger charge is -2.15. The van der Waals surface area contributed by atoms with E-state index in [4.69, 9.17) is 16.7 Å². The largest absolute Gasteiger partial charge is 0.397 e. The summed E-state index contributed by atoms with van der Waals surface area (Å²) in [5.41, 5.74) is 11.4. The molecule has 2 rings (SSSR count). The highest BCUT2D eigenvalue weighted by atomic mass is 16.6. The van der Waals surface area contributed by atoms with Crippen molar-refractivity contribution >= 4 is 40.0 Å². The van der Waals surface area contributed by atoms with E-state index >= 15 is 0 Å². The Hall–Kier alpha value is -4.40. The predicted octanol–water partition coefficient (Wildman–Crippen LogP) is 2.25. The molecule has 5 N–H and O–H groups in total. The minimum atomic E-state index is -0.872. The van der Waals surface area contributed by atoms with E-state index in [1.54, 1.807) is 12.1 Å². The summed E-state index contributed by atoms with van der Waals surface area (Å²) >= 11 is 0. The van der Waals surface area contributed by atoms with Crippen molar-refractivity contribution in [2.75, 3.05) is 35.8 Å². The monoisotopic (exact) mass is 401 g/mol. The van der Waals surface area contributed by atoms with Crippen molar-refractivity contribution in [1.29, 1.82) is 5.26 Å². The van der Waals surface area contributed by atoms with Crippen molar-refractivity contribution in [2.24, 2.45) is 0 Å². The van der Waals surface area contributed by atoms with Crippen molar-refractivity contribution < 1.29 is 14.6 Å². The Morgan fingerprint density at radius 1 is 1.14 bits per heavy atom. The molecule has 2 aromatic carbocycles. The molecule has 0 fully saturated rings. The second-order valence-corrected chi connectivity index (χ2v) is 5.90. The van der Waals surface area contributed by atoms with Crippen LogP contribution in [0.25, 0.3) is 0 Å². The van der Waals surface area contributed by atoms with Crippen molar-refractivity contribution in [2.45, 2.75) is 6.92 Å². The molecule has 0 aliphatic heterocycles. The first kappa shape index (κ1) is 22.6. The molecule has 29 heavy (non-hydrogen) atoms. The number of nitrogen functional groups attached to an aromatic ring is 2. The lowest BCUT2D eigenvalue weighted by Crippen LogP contribution is -2.12. The Balaban J connectivity index is 0.000000291. The van der Waals surface area contributed by atoms with Gasteiger partial charge in [0.1, 0.15) is 11.8 Å². The number of carbonyl (C=O) groups excluding carboxylic acids is 1. The summed E-state index contributed by atoms with van der Waals surface area (Å²) in [4.78, 5) is 32.0. The fourth-order valence-corrected chi connectivity index (χ4v) is 2.09. The average molecular weight is 401 g/mol. The van der Waals surface area contributed by atoms with E-state index in [1.807, 2.05) is 31.1 Å². The second kappa shape index (κ2) is 9.51.